The van der Waals surface area contributed by atoms with E-state index in [9.17, 15) is 9.59 Å². The Labute approximate surface area is 150 Å². The molecule has 4 atom stereocenters. The van der Waals surface area contributed by atoms with Crippen LogP contribution in [0.4, 0.5) is 0 Å². The first-order valence-corrected chi connectivity index (χ1v) is 9.29. The van der Waals surface area contributed by atoms with Crippen molar-refractivity contribution in [1.82, 2.24) is 9.99 Å². The van der Waals surface area contributed by atoms with Gasteiger partial charge in [-0.05, 0) is 43.1 Å². The van der Waals surface area contributed by atoms with Crippen LogP contribution in [-0.4, -0.2) is 28.0 Å². The zero-order valence-corrected chi connectivity index (χ0v) is 14.5. The summed E-state index contributed by atoms with van der Waals surface area (Å²) in [6.07, 6.45) is 8.33. The SMILES string of the molecule is Cc1[nH]c2ccccc2c1/C=N\N1C(=O)[C@H]2[C@H](C1=O)[C@H]1C=C[C@H]2C12CC2. The van der Waals surface area contributed by atoms with Gasteiger partial charge in [0.1, 0.15) is 0 Å². The summed E-state index contributed by atoms with van der Waals surface area (Å²) in [5.41, 5.74) is 3.16. The van der Waals surface area contributed by atoms with Gasteiger partial charge in [0.2, 0.25) is 0 Å². The van der Waals surface area contributed by atoms with Crippen LogP contribution >= 0.6 is 0 Å². The molecule has 2 bridgehead atoms. The minimum absolute atomic E-state index is 0.114. The first-order valence-electron chi connectivity index (χ1n) is 9.29. The van der Waals surface area contributed by atoms with Gasteiger partial charge >= 0.3 is 0 Å². The van der Waals surface area contributed by atoms with Gasteiger partial charge in [0.15, 0.2) is 0 Å². The number of hydrogen-bond donors (Lipinski definition) is 1. The number of H-pyrrole nitrogens is 1. The number of fused-ring (bicyclic) bond motifs is 4. The van der Waals surface area contributed by atoms with Gasteiger partial charge in [-0.15, -0.1) is 0 Å². The van der Waals surface area contributed by atoms with Crippen LogP contribution in [0.5, 0.6) is 0 Å². The first kappa shape index (κ1) is 14.5. The first-order chi connectivity index (χ1) is 12.6. The van der Waals surface area contributed by atoms with Gasteiger partial charge in [0.05, 0.1) is 18.1 Å². The normalized spacial score (nSPS) is 33.3. The number of amides is 2. The number of carbonyl (C=O) groups excluding carboxylic acids is 2. The number of nitrogens with zero attached hydrogens (tertiary/aromatic N) is 2. The van der Waals surface area contributed by atoms with Crippen LogP contribution in [-0.2, 0) is 9.59 Å². The molecule has 2 heterocycles. The number of benzene rings is 1. The Bertz CT molecular complexity index is 1010. The van der Waals surface area contributed by atoms with Crippen molar-refractivity contribution in [2.24, 2.45) is 34.2 Å². The third kappa shape index (κ3) is 1.55. The molecule has 0 radical (unpaired) electrons. The zero-order valence-electron chi connectivity index (χ0n) is 14.5. The standard InChI is InChI=1S/C21H19N3O2/c1-11-13(12-4-2-3-5-16(12)23-11)10-22-24-19(25)17-14-6-7-15(18(17)20(24)26)21(14)8-9-21/h2-7,10,14-15,17-18,23H,8-9H2,1H3/b22-10-/t14-,15-,17-,18-/m1/s1. The van der Waals surface area contributed by atoms with E-state index >= 15 is 0 Å². The van der Waals surface area contributed by atoms with Gasteiger partial charge in [0.25, 0.3) is 11.8 Å². The summed E-state index contributed by atoms with van der Waals surface area (Å²) in [5.74, 6) is -0.135. The Morgan fingerprint density at radius 1 is 1.12 bits per heavy atom. The molecule has 3 fully saturated rings. The largest absolute Gasteiger partial charge is 0.358 e. The van der Waals surface area contributed by atoms with Crippen LogP contribution in [0.15, 0.2) is 41.5 Å². The summed E-state index contributed by atoms with van der Waals surface area (Å²) < 4.78 is 0. The Morgan fingerprint density at radius 3 is 2.42 bits per heavy atom. The molecule has 5 nitrogen and oxygen atoms in total. The molecule has 1 aromatic carbocycles. The fourth-order valence-corrected chi connectivity index (χ4v) is 5.76. The Kier molecular flexibility index (Phi) is 2.52. The summed E-state index contributed by atoms with van der Waals surface area (Å²) in [7, 11) is 0. The van der Waals surface area contributed by atoms with E-state index < -0.39 is 0 Å². The summed E-state index contributed by atoms with van der Waals surface area (Å²) >= 11 is 0. The van der Waals surface area contributed by atoms with E-state index in [1.54, 1.807) is 6.21 Å². The van der Waals surface area contributed by atoms with Gasteiger partial charge in [0, 0.05) is 22.2 Å². The molecule has 130 valence electrons. The van der Waals surface area contributed by atoms with Crippen molar-refractivity contribution >= 4 is 28.9 Å². The maximum absolute atomic E-state index is 13.0. The Balaban J connectivity index is 1.36. The average molecular weight is 345 g/mol. The molecule has 1 aliphatic heterocycles. The summed E-state index contributed by atoms with van der Waals surface area (Å²) in [6, 6.07) is 7.98. The second kappa shape index (κ2) is 4.53. The lowest BCUT2D eigenvalue weighted by Crippen LogP contribution is -2.30. The average Bonchev–Trinajstić information content (AvgIpc) is 3.10. The molecule has 2 aromatic rings. The van der Waals surface area contributed by atoms with Gasteiger partial charge in [-0.2, -0.15) is 10.1 Å². The van der Waals surface area contributed by atoms with Crippen molar-refractivity contribution in [2.75, 3.05) is 0 Å². The van der Waals surface area contributed by atoms with E-state index in [-0.39, 0.29) is 40.9 Å². The van der Waals surface area contributed by atoms with E-state index in [1.807, 2.05) is 31.2 Å². The van der Waals surface area contributed by atoms with E-state index in [0.29, 0.717) is 0 Å². The third-order valence-electron chi connectivity index (χ3n) is 7.08. The van der Waals surface area contributed by atoms with Crippen molar-refractivity contribution in [3.05, 3.63) is 47.7 Å². The van der Waals surface area contributed by atoms with Gasteiger partial charge < -0.3 is 4.98 Å². The molecular weight excluding hydrogens is 326 g/mol. The Hall–Kier alpha value is -2.69. The predicted octanol–water partition coefficient (Wildman–Crippen LogP) is 3.01. The van der Waals surface area contributed by atoms with Crippen LogP contribution in [0, 0.1) is 36.0 Å². The molecule has 26 heavy (non-hydrogen) atoms. The highest BCUT2D eigenvalue weighted by molar-refractivity contribution is 6.08. The van der Waals surface area contributed by atoms with Crippen molar-refractivity contribution in [1.29, 1.82) is 0 Å². The number of aromatic amines is 1. The fraction of sp³-hybridized carbons (Fsp3) is 0.381. The molecule has 6 rings (SSSR count). The lowest BCUT2D eigenvalue weighted by Gasteiger charge is -2.18. The number of rotatable bonds is 2. The predicted molar refractivity (Wildman–Crippen MR) is 97.2 cm³/mol. The monoisotopic (exact) mass is 345 g/mol. The molecular formula is C21H19N3O2. The van der Waals surface area contributed by atoms with Gasteiger partial charge in [-0.3, -0.25) is 9.59 Å². The van der Waals surface area contributed by atoms with Crippen molar-refractivity contribution in [2.45, 2.75) is 19.8 Å². The maximum atomic E-state index is 13.0. The summed E-state index contributed by atoms with van der Waals surface area (Å²) in [5, 5.41) is 6.53. The maximum Gasteiger partial charge on any atom is 0.254 e. The van der Waals surface area contributed by atoms with Crippen LogP contribution in [0.2, 0.25) is 0 Å². The number of aryl methyl sites for hydroxylation is 1. The lowest BCUT2D eigenvalue weighted by atomic mass is 9.85. The molecule has 4 aliphatic rings. The number of carbonyl (C=O) groups is 2. The van der Waals surface area contributed by atoms with E-state index in [4.69, 9.17) is 0 Å². The highest BCUT2D eigenvalue weighted by Gasteiger charge is 2.73. The van der Waals surface area contributed by atoms with Crippen molar-refractivity contribution in [3.63, 3.8) is 0 Å². The van der Waals surface area contributed by atoms with E-state index in [1.165, 1.54) is 0 Å². The van der Waals surface area contributed by atoms with Crippen LogP contribution in [0.3, 0.4) is 0 Å². The summed E-state index contributed by atoms with van der Waals surface area (Å²) in [6.45, 7) is 1.98. The molecule has 1 aromatic heterocycles. The van der Waals surface area contributed by atoms with E-state index in [2.05, 4.69) is 22.2 Å². The molecule has 1 spiro atoms. The lowest BCUT2D eigenvalue weighted by molar-refractivity contribution is -0.141. The molecule has 5 heteroatoms. The molecule has 2 saturated carbocycles. The summed E-state index contributed by atoms with van der Waals surface area (Å²) in [4.78, 5) is 29.2. The quantitative estimate of drug-likeness (QED) is 0.516. The smallest absolute Gasteiger partial charge is 0.254 e. The number of hydrogen-bond acceptors (Lipinski definition) is 3. The zero-order chi connectivity index (χ0) is 17.6. The minimum atomic E-state index is -0.193. The van der Waals surface area contributed by atoms with Crippen molar-refractivity contribution in [3.8, 4) is 0 Å². The van der Waals surface area contributed by atoms with Crippen LogP contribution in [0.25, 0.3) is 10.9 Å². The van der Waals surface area contributed by atoms with Crippen LogP contribution < -0.4 is 0 Å². The fourth-order valence-electron chi connectivity index (χ4n) is 5.76. The Morgan fingerprint density at radius 2 is 1.77 bits per heavy atom. The molecule has 1 saturated heterocycles. The molecule has 1 N–H and O–H groups in total. The number of nitrogens with one attached hydrogen (secondary N) is 1. The topological polar surface area (TPSA) is 65.5 Å². The van der Waals surface area contributed by atoms with Gasteiger partial charge in [-0.25, -0.2) is 0 Å². The molecule has 2 amide bonds. The van der Waals surface area contributed by atoms with Crippen molar-refractivity contribution < 1.29 is 9.59 Å². The number of hydrazone groups is 1. The third-order valence-corrected chi connectivity index (χ3v) is 7.08. The molecule has 3 aliphatic carbocycles. The number of para-hydroxylation sites is 1. The minimum Gasteiger partial charge on any atom is -0.358 e. The second-order valence-corrected chi connectivity index (χ2v) is 8.16. The number of imide groups is 1. The van der Waals surface area contributed by atoms with E-state index in [0.717, 1.165) is 40.0 Å². The number of aromatic nitrogens is 1. The van der Waals surface area contributed by atoms with Gasteiger partial charge in [-0.1, -0.05) is 30.4 Å². The number of allylic oxidation sites excluding steroid dienone is 2. The highest BCUT2D eigenvalue weighted by atomic mass is 16.2. The molecule has 0 unspecified atom stereocenters. The second-order valence-electron chi connectivity index (χ2n) is 8.16. The van der Waals surface area contributed by atoms with Crippen LogP contribution in [0.1, 0.15) is 24.1 Å². The highest BCUT2D eigenvalue weighted by Crippen LogP contribution is 2.73.